The number of benzene rings is 2. The van der Waals surface area contributed by atoms with Crippen LogP contribution in [0.2, 0.25) is 0 Å². The van der Waals surface area contributed by atoms with Crippen LogP contribution in [-0.4, -0.2) is 38.8 Å². The van der Waals surface area contributed by atoms with E-state index in [1.807, 2.05) is 35.2 Å². The second-order valence-electron chi connectivity index (χ2n) is 8.79. The number of aromatic nitrogens is 1. The number of amides is 3. The first-order valence-electron chi connectivity index (χ1n) is 11.0. The van der Waals surface area contributed by atoms with E-state index in [0.29, 0.717) is 6.42 Å². The first kappa shape index (κ1) is 17.8. The van der Waals surface area contributed by atoms with Crippen molar-refractivity contribution in [2.24, 2.45) is 0 Å². The second kappa shape index (κ2) is 6.73. The number of nitrogens with zero attached hydrogens (tertiary/aromatic N) is 2. The molecular formula is C25H25N3O2. The number of para-hydroxylation sites is 1. The Morgan fingerprint density at radius 3 is 2.40 bits per heavy atom. The third-order valence-electron chi connectivity index (χ3n) is 7.14. The maximum Gasteiger partial charge on any atom is 0.328 e. The van der Waals surface area contributed by atoms with Gasteiger partial charge in [-0.1, -0.05) is 67.8 Å². The van der Waals surface area contributed by atoms with Gasteiger partial charge in [0.15, 0.2) is 0 Å². The number of urea groups is 1. The summed E-state index contributed by atoms with van der Waals surface area (Å²) in [5.74, 6) is -0.0104. The molecule has 1 aromatic heterocycles. The van der Waals surface area contributed by atoms with Crippen LogP contribution >= 0.6 is 0 Å². The summed E-state index contributed by atoms with van der Waals surface area (Å²) in [6, 6.07) is 17.6. The summed E-state index contributed by atoms with van der Waals surface area (Å²) in [6.45, 7) is 0. The highest BCUT2D eigenvalue weighted by molar-refractivity contribution is 6.06. The lowest BCUT2D eigenvalue weighted by Gasteiger charge is -2.36. The van der Waals surface area contributed by atoms with Crippen LogP contribution in [0.5, 0.6) is 0 Å². The van der Waals surface area contributed by atoms with E-state index < -0.39 is 6.04 Å². The number of H-pyrrole nitrogens is 1. The molecule has 152 valence electrons. The number of hydrogen-bond acceptors (Lipinski definition) is 2. The molecule has 0 bridgehead atoms. The molecule has 3 amide bonds. The van der Waals surface area contributed by atoms with E-state index in [1.54, 1.807) is 4.90 Å². The van der Waals surface area contributed by atoms with Gasteiger partial charge in [0.1, 0.15) is 12.1 Å². The third-order valence-corrected chi connectivity index (χ3v) is 7.14. The molecule has 2 atom stereocenters. The number of carbonyl (C=O) groups is 2. The van der Waals surface area contributed by atoms with Gasteiger partial charge in [0.25, 0.3) is 5.91 Å². The fraction of sp³-hybridized carbons (Fsp3) is 0.360. The fourth-order valence-electron chi connectivity index (χ4n) is 5.75. The third kappa shape index (κ3) is 2.47. The van der Waals surface area contributed by atoms with Crippen LogP contribution in [0.3, 0.4) is 0 Å². The van der Waals surface area contributed by atoms with Gasteiger partial charge in [-0.05, 0) is 30.0 Å². The number of imide groups is 1. The first-order valence-corrected chi connectivity index (χ1v) is 11.0. The van der Waals surface area contributed by atoms with Crippen molar-refractivity contribution in [3.8, 4) is 0 Å². The van der Waals surface area contributed by atoms with Crippen LogP contribution in [0.15, 0.2) is 54.6 Å². The molecule has 5 nitrogen and oxygen atoms in total. The maximum atomic E-state index is 13.7. The van der Waals surface area contributed by atoms with Gasteiger partial charge in [-0.2, -0.15) is 0 Å². The van der Waals surface area contributed by atoms with Crippen LogP contribution in [0.4, 0.5) is 4.79 Å². The summed E-state index contributed by atoms with van der Waals surface area (Å²) in [7, 11) is 0. The highest BCUT2D eigenvalue weighted by Crippen LogP contribution is 2.45. The summed E-state index contributed by atoms with van der Waals surface area (Å²) < 4.78 is 0. The van der Waals surface area contributed by atoms with E-state index in [1.165, 1.54) is 12.0 Å². The zero-order chi connectivity index (χ0) is 20.2. The van der Waals surface area contributed by atoms with Crippen LogP contribution in [0, 0.1) is 0 Å². The van der Waals surface area contributed by atoms with Crippen molar-refractivity contribution in [3.05, 3.63) is 71.4 Å². The van der Waals surface area contributed by atoms with Gasteiger partial charge >= 0.3 is 6.03 Å². The molecule has 1 saturated heterocycles. The molecule has 1 saturated carbocycles. The average Bonchev–Trinajstić information content (AvgIpc) is 3.28. The number of hydrogen-bond donors (Lipinski definition) is 1. The maximum absolute atomic E-state index is 13.7. The lowest BCUT2D eigenvalue weighted by Crippen LogP contribution is -2.44. The molecule has 30 heavy (non-hydrogen) atoms. The summed E-state index contributed by atoms with van der Waals surface area (Å²) >= 11 is 0. The lowest BCUT2D eigenvalue weighted by molar-refractivity contribution is -0.130. The Morgan fingerprint density at radius 2 is 1.60 bits per heavy atom. The molecule has 1 aliphatic carbocycles. The van der Waals surface area contributed by atoms with E-state index in [2.05, 4.69) is 29.2 Å². The Morgan fingerprint density at radius 1 is 0.867 bits per heavy atom. The highest BCUT2D eigenvalue weighted by atomic mass is 16.2. The highest BCUT2D eigenvalue weighted by Gasteiger charge is 2.54. The molecule has 2 fully saturated rings. The minimum atomic E-state index is -0.420. The molecular weight excluding hydrogens is 374 g/mol. The molecule has 2 aromatic carbocycles. The van der Waals surface area contributed by atoms with Crippen LogP contribution in [0.25, 0.3) is 10.9 Å². The summed E-state index contributed by atoms with van der Waals surface area (Å²) in [4.78, 5) is 34.3. The van der Waals surface area contributed by atoms with Gasteiger partial charge in [-0.3, -0.25) is 14.6 Å². The standard InChI is InChI=1S/C25H25N3O2/c29-24-21-15-19-18-13-7-8-14-20(18)26-22(19)23(16-9-3-1-4-10-16)28(21)25(30)27(24)17-11-5-2-6-12-17/h1,3-4,7-10,13-14,17,21,23,26H,2,5-6,11-12,15H2. The van der Waals surface area contributed by atoms with Crippen molar-refractivity contribution in [2.45, 2.75) is 56.7 Å². The van der Waals surface area contributed by atoms with Crippen molar-refractivity contribution in [3.63, 3.8) is 0 Å². The lowest BCUT2D eigenvalue weighted by atomic mass is 9.89. The number of nitrogens with one attached hydrogen (secondary N) is 1. The molecule has 3 heterocycles. The summed E-state index contributed by atoms with van der Waals surface area (Å²) in [6.07, 6.45) is 5.83. The molecule has 0 radical (unpaired) electrons. The van der Waals surface area contributed by atoms with Crippen molar-refractivity contribution >= 4 is 22.8 Å². The monoisotopic (exact) mass is 399 g/mol. The van der Waals surface area contributed by atoms with Crippen molar-refractivity contribution < 1.29 is 9.59 Å². The van der Waals surface area contributed by atoms with E-state index >= 15 is 0 Å². The first-order chi connectivity index (χ1) is 14.7. The number of aromatic amines is 1. The molecule has 3 aliphatic rings. The Hall–Kier alpha value is -3.08. The molecule has 6 rings (SSSR count). The van der Waals surface area contributed by atoms with Gasteiger partial charge in [-0.15, -0.1) is 0 Å². The normalized spacial score (nSPS) is 24.4. The Balaban J connectivity index is 1.51. The zero-order valence-electron chi connectivity index (χ0n) is 16.9. The molecule has 2 aliphatic heterocycles. The average molecular weight is 399 g/mol. The van der Waals surface area contributed by atoms with Crippen LogP contribution < -0.4 is 0 Å². The number of carbonyl (C=O) groups excluding carboxylic acids is 2. The van der Waals surface area contributed by atoms with Crippen molar-refractivity contribution in [1.29, 1.82) is 0 Å². The smallest absolute Gasteiger partial charge is 0.328 e. The van der Waals surface area contributed by atoms with Gasteiger partial charge in [0, 0.05) is 29.1 Å². The van der Waals surface area contributed by atoms with E-state index in [9.17, 15) is 9.59 Å². The Labute approximate surface area is 175 Å². The van der Waals surface area contributed by atoms with Gasteiger partial charge in [0.2, 0.25) is 0 Å². The van der Waals surface area contributed by atoms with E-state index in [0.717, 1.165) is 47.8 Å². The largest absolute Gasteiger partial charge is 0.356 e. The molecule has 3 aromatic rings. The molecule has 2 unspecified atom stereocenters. The topological polar surface area (TPSA) is 56.4 Å². The van der Waals surface area contributed by atoms with Crippen molar-refractivity contribution in [1.82, 2.24) is 14.8 Å². The molecule has 0 spiro atoms. The van der Waals surface area contributed by atoms with Gasteiger partial charge in [-0.25, -0.2) is 4.79 Å². The summed E-state index contributed by atoms with van der Waals surface area (Å²) in [5.41, 5.74) is 4.33. The Kier molecular flexibility index (Phi) is 3.98. The minimum Gasteiger partial charge on any atom is -0.356 e. The molecule has 5 heteroatoms. The predicted octanol–water partition coefficient (Wildman–Crippen LogP) is 4.78. The zero-order valence-corrected chi connectivity index (χ0v) is 16.9. The quantitative estimate of drug-likeness (QED) is 0.631. The van der Waals surface area contributed by atoms with Gasteiger partial charge in [0.05, 0.1) is 0 Å². The van der Waals surface area contributed by atoms with Crippen molar-refractivity contribution in [2.75, 3.05) is 0 Å². The Bertz CT molecular complexity index is 1130. The van der Waals surface area contributed by atoms with E-state index in [4.69, 9.17) is 0 Å². The fourth-order valence-corrected chi connectivity index (χ4v) is 5.75. The number of rotatable bonds is 2. The van der Waals surface area contributed by atoms with Gasteiger partial charge < -0.3 is 4.98 Å². The predicted molar refractivity (Wildman–Crippen MR) is 115 cm³/mol. The van der Waals surface area contributed by atoms with Crippen LogP contribution in [-0.2, 0) is 11.2 Å². The SMILES string of the molecule is O=C1C2Cc3c([nH]c4ccccc34)C(c3ccccc3)N2C(=O)N1C1CCCCC1. The van der Waals surface area contributed by atoms with Crippen LogP contribution in [0.1, 0.15) is 55.0 Å². The van der Waals surface area contributed by atoms with E-state index in [-0.39, 0.29) is 24.0 Å². The summed E-state index contributed by atoms with van der Waals surface area (Å²) in [5, 5.41) is 1.16. The molecule has 1 N–H and O–H groups in total. The number of fused-ring (bicyclic) bond motifs is 4. The minimum absolute atomic E-state index is 0.0104. The second-order valence-corrected chi connectivity index (χ2v) is 8.79.